The van der Waals surface area contributed by atoms with Crippen LogP contribution < -0.4 is 5.32 Å². The van der Waals surface area contributed by atoms with E-state index in [4.69, 9.17) is 5.10 Å². The van der Waals surface area contributed by atoms with E-state index in [1.54, 1.807) is 0 Å². The van der Waals surface area contributed by atoms with Gasteiger partial charge in [-0.15, -0.1) is 0 Å². The van der Waals surface area contributed by atoms with Crippen molar-refractivity contribution in [3.05, 3.63) is 29.1 Å². The number of carbonyl (C=O) groups is 1. The third-order valence-corrected chi connectivity index (χ3v) is 14.6. The van der Waals surface area contributed by atoms with Crippen LogP contribution in [0.5, 0.6) is 0 Å². The summed E-state index contributed by atoms with van der Waals surface area (Å²) in [5.74, 6) is 0.869. The van der Waals surface area contributed by atoms with Crippen LogP contribution in [0.3, 0.4) is 0 Å². The molecule has 1 aromatic heterocycles. The Morgan fingerprint density at radius 2 is 1.75 bits per heavy atom. The Kier molecular flexibility index (Phi) is 5.62. The summed E-state index contributed by atoms with van der Waals surface area (Å²) in [6, 6.07) is 0.483. The van der Waals surface area contributed by atoms with Gasteiger partial charge in [0.2, 0.25) is 0 Å². The molecular formula is C35H53N3O2. The number of rotatable bonds is 2. The van der Waals surface area contributed by atoms with Gasteiger partial charge in [0, 0.05) is 18.2 Å². The number of carboxylic acids is 1. The molecule has 0 radical (unpaired) electrons. The largest absolute Gasteiger partial charge is 0.481 e. The Morgan fingerprint density at radius 1 is 1.00 bits per heavy atom. The van der Waals surface area contributed by atoms with Gasteiger partial charge in [-0.2, -0.15) is 5.10 Å². The minimum atomic E-state index is -0.559. The van der Waals surface area contributed by atoms with E-state index in [0.717, 1.165) is 58.0 Å². The van der Waals surface area contributed by atoms with Gasteiger partial charge in [-0.3, -0.25) is 9.48 Å². The summed E-state index contributed by atoms with van der Waals surface area (Å²) in [7, 11) is 0. The van der Waals surface area contributed by atoms with Crippen molar-refractivity contribution in [2.24, 2.45) is 44.8 Å². The highest BCUT2D eigenvalue weighted by molar-refractivity contribution is 5.76. The molecule has 40 heavy (non-hydrogen) atoms. The summed E-state index contributed by atoms with van der Waals surface area (Å²) in [6.45, 7) is 19.7. The highest BCUT2D eigenvalue weighted by atomic mass is 16.4. The molecule has 220 valence electrons. The van der Waals surface area contributed by atoms with Crippen molar-refractivity contribution in [3.63, 3.8) is 0 Å². The number of nitrogens with one attached hydrogen (secondary N) is 1. The monoisotopic (exact) mass is 547 g/mol. The van der Waals surface area contributed by atoms with E-state index in [-0.39, 0.29) is 33.0 Å². The van der Waals surface area contributed by atoms with E-state index in [9.17, 15) is 9.90 Å². The summed E-state index contributed by atoms with van der Waals surface area (Å²) in [6.07, 6.45) is 15.7. The number of hydrogen-bond acceptors (Lipinski definition) is 3. The van der Waals surface area contributed by atoms with E-state index >= 15 is 0 Å². The highest BCUT2D eigenvalue weighted by Crippen LogP contribution is 2.75. The molecule has 0 bridgehead atoms. The van der Waals surface area contributed by atoms with Crippen LogP contribution in [0, 0.1) is 44.8 Å². The Labute approximate surface area is 241 Å². The minimum absolute atomic E-state index is 0.0598. The summed E-state index contributed by atoms with van der Waals surface area (Å²) >= 11 is 0. The Balaban J connectivity index is 1.30. The van der Waals surface area contributed by atoms with Gasteiger partial charge < -0.3 is 10.4 Å². The number of fused-ring (bicyclic) bond motifs is 8. The highest BCUT2D eigenvalue weighted by Gasteiger charge is 2.69. The molecule has 3 saturated carbocycles. The van der Waals surface area contributed by atoms with Crippen LogP contribution in [0.15, 0.2) is 17.8 Å². The molecule has 5 nitrogen and oxygen atoms in total. The van der Waals surface area contributed by atoms with Crippen molar-refractivity contribution < 1.29 is 9.90 Å². The van der Waals surface area contributed by atoms with Gasteiger partial charge in [0.25, 0.3) is 0 Å². The van der Waals surface area contributed by atoms with Gasteiger partial charge in [0.1, 0.15) is 0 Å². The molecule has 7 rings (SSSR count). The van der Waals surface area contributed by atoms with Crippen LogP contribution in [-0.2, 0) is 16.6 Å². The van der Waals surface area contributed by atoms with Crippen molar-refractivity contribution in [1.29, 1.82) is 0 Å². The van der Waals surface area contributed by atoms with Crippen LogP contribution in [0.2, 0.25) is 0 Å². The molecule has 0 aromatic carbocycles. The van der Waals surface area contributed by atoms with Gasteiger partial charge in [-0.1, -0.05) is 60.1 Å². The fourth-order valence-electron chi connectivity index (χ4n) is 12.2. The van der Waals surface area contributed by atoms with E-state index in [0.29, 0.717) is 17.9 Å². The quantitative estimate of drug-likeness (QED) is 0.381. The first-order valence-corrected chi connectivity index (χ1v) is 16.4. The summed E-state index contributed by atoms with van der Waals surface area (Å²) in [4.78, 5) is 12.9. The van der Waals surface area contributed by atoms with E-state index in [1.807, 2.05) is 0 Å². The van der Waals surface area contributed by atoms with Gasteiger partial charge in [0.05, 0.1) is 17.2 Å². The molecule has 5 heteroatoms. The molecule has 0 amide bonds. The predicted molar refractivity (Wildman–Crippen MR) is 159 cm³/mol. The second-order valence-corrected chi connectivity index (χ2v) is 17.2. The van der Waals surface area contributed by atoms with E-state index in [1.165, 1.54) is 36.1 Å². The lowest BCUT2D eigenvalue weighted by atomic mass is 9.33. The maximum Gasteiger partial charge on any atom is 0.310 e. The first-order valence-electron chi connectivity index (χ1n) is 16.4. The molecule has 0 spiro atoms. The van der Waals surface area contributed by atoms with E-state index < -0.39 is 11.4 Å². The van der Waals surface area contributed by atoms with Gasteiger partial charge in [-0.25, -0.2) is 0 Å². The second-order valence-electron chi connectivity index (χ2n) is 17.2. The van der Waals surface area contributed by atoms with Crippen molar-refractivity contribution in [2.45, 2.75) is 124 Å². The maximum atomic E-state index is 12.9. The molecule has 8 atom stereocenters. The van der Waals surface area contributed by atoms with Crippen LogP contribution in [0.25, 0.3) is 0 Å². The molecule has 2 N–H and O–H groups in total. The Hall–Kier alpha value is -1.62. The lowest BCUT2D eigenvalue weighted by Crippen LogP contribution is -2.64. The third-order valence-electron chi connectivity index (χ3n) is 14.6. The smallest absolute Gasteiger partial charge is 0.310 e. The number of aromatic nitrogens is 2. The Morgan fingerprint density at radius 3 is 2.45 bits per heavy atom. The molecular weight excluding hydrogens is 494 g/mol. The van der Waals surface area contributed by atoms with Crippen molar-refractivity contribution >= 4 is 5.97 Å². The summed E-state index contributed by atoms with van der Waals surface area (Å²) in [5.41, 5.74) is 4.57. The number of hydrogen-bond donors (Lipinski definition) is 2. The van der Waals surface area contributed by atoms with Crippen LogP contribution in [0.4, 0.5) is 0 Å². The molecule has 1 aliphatic heterocycles. The zero-order valence-corrected chi connectivity index (χ0v) is 26.2. The standard InChI is InChI=1S/C35H53N3O2/c1-30(2)13-15-35(29(39)40)16-14-33(6)24(25(35)19-30)8-9-27-32(5)18-22-21-38(23-11-17-36-20-23)37-28(22)31(3,4)26(32)10-12-34(27,33)7/h8,21,23,25-27,36H,9-20H2,1-7H3,(H,39,40)/t23?,25-,26-,27+,32-,33+,34+,35-/m0/s1. The predicted octanol–water partition coefficient (Wildman–Crippen LogP) is 7.32. The fourth-order valence-corrected chi connectivity index (χ4v) is 12.2. The molecule has 1 saturated heterocycles. The first-order chi connectivity index (χ1) is 18.7. The van der Waals surface area contributed by atoms with Crippen LogP contribution >= 0.6 is 0 Å². The zero-order valence-electron chi connectivity index (χ0n) is 26.2. The first kappa shape index (κ1) is 27.2. The van der Waals surface area contributed by atoms with Crippen molar-refractivity contribution in [1.82, 2.24) is 15.1 Å². The van der Waals surface area contributed by atoms with E-state index in [2.05, 4.69) is 70.7 Å². The molecule has 6 aliphatic rings. The fraction of sp³-hybridized carbons (Fsp3) is 0.829. The third kappa shape index (κ3) is 3.31. The molecule has 1 aromatic rings. The Bertz CT molecular complexity index is 1270. The normalized spacial score (nSPS) is 46.7. The number of carboxylic acid groups (broad SMARTS) is 1. The summed E-state index contributed by atoms with van der Waals surface area (Å²) in [5, 5.41) is 19.5. The average molecular weight is 548 g/mol. The molecule has 2 heterocycles. The number of aliphatic carboxylic acids is 1. The molecule has 4 fully saturated rings. The number of nitrogens with zero attached hydrogens (tertiary/aromatic N) is 2. The molecule has 1 unspecified atom stereocenters. The molecule has 5 aliphatic carbocycles. The van der Waals surface area contributed by atoms with Crippen LogP contribution in [0.1, 0.15) is 124 Å². The summed E-state index contributed by atoms with van der Waals surface area (Å²) < 4.78 is 2.31. The van der Waals surface area contributed by atoms with Gasteiger partial charge >= 0.3 is 5.97 Å². The van der Waals surface area contributed by atoms with Crippen molar-refractivity contribution in [3.8, 4) is 0 Å². The van der Waals surface area contributed by atoms with Gasteiger partial charge in [-0.05, 0) is 116 Å². The maximum absolute atomic E-state index is 12.9. The average Bonchev–Trinajstić information content (AvgIpc) is 3.54. The second kappa shape index (κ2) is 8.26. The minimum Gasteiger partial charge on any atom is -0.481 e. The topological polar surface area (TPSA) is 67.2 Å². The lowest BCUT2D eigenvalue weighted by Gasteiger charge is -2.70. The SMILES string of the molecule is CC1(C)CC[C@]2(C(=O)O)CC[C@]3(C)C(=CC[C@@H]4[C@@]5(C)Cc6cn(C7CCNC7)nc6C(C)(C)[C@@H]5CC[C@]43C)[C@@H]2C1. The van der Waals surface area contributed by atoms with Crippen molar-refractivity contribution in [2.75, 3.05) is 13.1 Å². The zero-order chi connectivity index (χ0) is 28.5. The lowest BCUT2D eigenvalue weighted by molar-refractivity contribution is -0.177. The van der Waals surface area contributed by atoms with Gasteiger partial charge in [0.15, 0.2) is 0 Å². The van der Waals surface area contributed by atoms with Crippen LogP contribution in [-0.4, -0.2) is 33.9 Å². The number of allylic oxidation sites excluding steroid dienone is 2.